The van der Waals surface area contributed by atoms with E-state index in [1.165, 1.54) is 0 Å². The van der Waals surface area contributed by atoms with Gasteiger partial charge in [0.05, 0.1) is 13.2 Å². The number of esters is 1. The summed E-state index contributed by atoms with van der Waals surface area (Å²) in [5, 5.41) is 0. The Morgan fingerprint density at radius 1 is 1.67 bits per heavy atom. The van der Waals surface area contributed by atoms with Gasteiger partial charge in [-0.2, -0.15) is 0 Å². The first-order chi connectivity index (χ1) is 5.84. The third kappa shape index (κ3) is 4.91. The first-order valence-electron chi connectivity index (χ1n) is 4.13. The molecule has 1 fully saturated rings. The summed E-state index contributed by atoms with van der Waals surface area (Å²) in [5.74, 6) is -0.201. The molecule has 70 valence electrons. The van der Waals surface area contributed by atoms with Gasteiger partial charge < -0.3 is 9.47 Å². The van der Waals surface area contributed by atoms with Crippen molar-refractivity contribution < 1.29 is 14.3 Å². The average Bonchev–Trinajstić information content (AvgIpc) is 2.91. The second-order valence-corrected chi connectivity index (χ2v) is 2.34. The fourth-order valence-electron chi connectivity index (χ4n) is 0.594. The molecule has 1 aliphatic heterocycles. The number of rotatable bonds is 4. The largest absolute Gasteiger partial charge is 0.464 e. The van der Waals surface area contributed by atoms with E-state index in [4.69, 9.17) is 9.47 Å². The van der Waals surface area contributed by atoms with E-state index < -0.39 is 0 Å². The van der Waals surface area contributed by atoms with Crippen molar-refractivity contribution in [3.63, 3.8) is 0 Å². The Labute approximate surface area is 73.4 Å². The van der Waals surface area contributed by atoms with Crippen LogP contribution in [0.25, 0.3) is 0 Å². The van der Waals surface area contributed by atoms with Gasteiger partial charge in [0.2, 0.25) is 0 Å². The highest BCUT2D eigenvalue weighted by molar-refractivity contribution is 5.76. The van der Waals surface area contributed by atoms with Crippen LogP contribution in [0.1, 0.15) is 19.8 Å². The van der Waals surface area contributed by atoms with Crippen molar-refractivity contribution in [1.29, 1.82) is 0 Å². The molecule has 1 heterocycles. The van der Waals surface area contributed by atoms with Gasteiger partial charge in [0.15, 0.2) is 6.10 Å². The van der Waals surface area contributed by atoms with E-state index >= 15 is 0 Å². The van der Waals surface area contributed by atoms with Crippen molar-refractivity contribution in [2.45, 2.75) is 25.9 Å². The van der Waals surface area contributed by atoms with Crippen molar-refractivity contribution in [1.82, 2.24) is 0 Å². The smallest absolute Gasteiger partial charge is 0.337 e. The molecule has 0 bridgehead atoms. The molecule has 3 heteroatoms. The predicted octanol–water partition coefficient (Wildman–Crippen LogP) is 1.53. The molecular formula is C9H16O3. The first kappa shape index (κ1) is 11.2. The maximum atomic E-state index is 10.7. The lowest BCUT2D eigenvalue weighted by atomic mass is 10.4. The van der Waals surface area contributed by atoms with E-state index in [0.29, 0.717) is 13.2 Å². The highest BCUT2D eigenvalue weighted by Gasteiger charge is 2.32. The van der Waals surface area contributed by atoms with Crippen LogP contribution in [-0.4, -0.2) is 25.3 Å². The van der Waals surface area contributed by atoms with Gasteiger partial charge in [-0.25, -0.2) is 4.79 Å². The summed E-state index contributed by atoms with van der Waals surface area (Å²) in [6.45, 7) is 9.14. The summed E-state index contributed by atoms with van der Waals surface area (Å²) in [5.41, 5.74) is 0. The van der Waals surface area contributed by atoms with Crippen LogP contribution in [0.3, 0.4) is 0 Å². The molecule has 1 unspecified atom stereocenters. The van der Waals surface area contributed by atoms with Crippen LogP contribution in [-0.2, 0) is 14.3 Å². The zero-order valence-corrected chi connectivity index (χ0v) is 7.54. The molecular weight excluding hydrogens is 156 g/mol. The highest BCUT2D eigenvalue weighted by Crippen LogP contribution is 2.10. The third-order valence-corrected chi connectivity index (χ3v) is 1.34. The summed E-state index contributed by atoms with van der Waals surface area (Å²) in [7, 11) is 0. The van der Waals surface area contributed by atoms with Crippen LogP contribution in [0.15, 0.2) is 13.2 Å². The monoisotopic (exact) mass is 172 g/mol. The molecule has 0 aliphatic carbocycles. The number of unbranched alkanes of at least 4 members (excludes halogenated alkanes) is 1. The molecule has 0 aromatic heterocycles. The van der Waals surface area contributed by atoms with Gasteiger partial charge in [-0.05, 0) is 6.42 Å². The number of epoxide rings is 1. The van der Waals surface area contributed by atoms with Crippen molar-refractivity contribution >= 4 is 5.97 Å². The molecule has 0 aromatic rings. The number of carbonyl (C=O) groups is 1. The summed E-state index contributed by atoms with van der Waals surface area (Å²) in [4.78, 5) is 10.7. The Morgan fingerprint density at radius 3 is 2.67 bits per heavy atom. The quantitative estimate of drug-likeness (QED) is 0.279. The second-order valence-electron chi connectivity index (χ2n) is 2.34. The Hall–Kier alpha value is -0.830. The van der Waals surface area contributed by atoms with Crippen molar-refractivity contribution in [2.75, 3.05) is 13.2 Å². The fourth-order valence-corrected chi connectivity index (χ4v) is 0.594. The number of ether oxygens (including phenoxy) is 2. The van der Waals surface area contributed by atoms with E-state index in [0.717, 1.165) is 12.8 Å². The number of hydrogen-bond acceptors (Lipinski definition) is 3. The number of carbonyl (C=O) groups excluding carboxylic acids is 1. The van der Waals surface area contributed by atoms with E-state index in [1.54, 1.807) is 0 Å². The topological polar surface area (TPSA) is 38.8 Å². The molecule has 0 radical (unpaired) electrons. The lowest BCUT2D eigenvalue weighted by Crippen LogP contribution is -2.11. The van der Waals surface area contributed by atoms with E-state index in [1.807, 2.05) is 0 Å². The molecule has 1 aliphatic rings. The molecule has 0 aromatic carbocycles. The molecule has 0 amide bonds. The van der Waals surface area contributed by atoms with Crippen molar-refractivity contribution in [3.8, 4) is 0 Å². The minimum absolute atomic E-state index is 0.201. The second kappa shape index (κ2) is 6.85. The predicted molar refractivity (Wildman–Crippen MR) is 46.9 cm³/mol. The maximum Gasteiger partial charge on any atom is 0.337 e. The van der Waals surface area contributed by atoms with Crippen LogP contribution in [0.4, 0.5) is 0 Å². The lowest BCUT2D eigenvalue weighted by Gasteiger charge is -1.99. The van der Waals surface area contributed by atoms with Crippen molar-refractivity contribution in [2.24, 2.45) is 0 Å². The Kier molecular flexibility index (Phi) is 6.38. The number of hydrogen-bond donors (Lipinski definition) is 0. The Balaban J connectivity index is 0.000000561. The standard InChI is InChI=1S/C7H12O3.C2H4/c1-2-3-4-9-7(8)6-5-10-6;1-2/h6H,2-5H2,1H3;1-2H2. The Morgan fingerprint density at radius 2 is 2.25 bits per heavy atom. The molecule has 1 saturated heterocycles. The van der Waals surface area contributed by atoms with Gasteiger partial charge in [0.1, 0.15) is 0 Å². The first-order valence-corrected chi connectivity index (χ1v) is 4.13. The van der Waals surface area contributed by atoms with E-state index in [-0.39, 0.29) is 12.1 Å². The van der Waals surface area contributed by atoms with Crippen molar-refractivity contribution in [3.05, 3.63) is 13.2 Å². The molecule has 0 saturated carbocycles. The third-order valence-electron chi connectivity index (χ3n) is 1.34. The highest BCUT2D eigenvalue weighted by atomic mass is 16.6. The van der Waals surface area contributed by atoms with Gasteiger partial charge in [-0.3, -0.25) is 0 Å². The van der Waals surface area contributed by atoms with Gasteiger partial charge >= 0.3 is 5.97 Å². The van der Waals surface area contributed by atoms with Gasteiger partial charge in [-0.1, -0.05) is 13.3 Å². The minimum Gasteiger partial charge on any atom is -0.464 e. The zero-order valence-electron chi connectivity index (χ0n) is 7.54. The lowest BCUT2D eigenvalue weighted by molar-refractivity contribution is -0.145. The minimum atomic E-state index is -0.239. The van der Waals surface area contributed by atoms with E-state index in [2.05, 4.69) is 20.1 Å². The van der Waals surface area contributed by atoms with Gasteiger partial charge in [0, 0.05) is 0 Å². The summed E-state index contributed by atoms with van der Waals surface area (Å²) in [6, 6.07) is 0. The summed E-state index contributed by atoms with van der Waals surface area (Å²) < 4.78 is 9.57. The van der Waals surface area contributed by atoms with Crippen LogP contribution in [0.5, 0.6) is 0 Å². The van der Waals surface area contributed by atoms with Crippen LogP contribution >= 0.6 is 0 Å². The fraction of sp³-hybridized carbons (Fsp3) is 0.667. The Bertz CT molecular complexity index is 130. The SMILES string of the molecule is C=C.CCCCOC(=O)C1CO1. The molecule has 1 atom stereocenters. The molecule has 0 spiro atoms. The summed E-state index contributed by atoms with van der Waals surface area (Å²) in [6.07, 6.45) is 1.76. The molecule has 3 nitrogen and oxygen atoms in total. The van der Waals surface area contributed by atoms with E-state index in [9.17, 15) is 4.79 Å². The normalized spacial score (nSPS) is 18.9. The average molecular weight is 172 g/mol. The van der Waals surface area contributed by atoms with Gasteiger partial charge in [0.25, 0.3) is 0 Å². The molecule has 1 rings (SSSR count). The summed E-state index contributed by atoms with van der Waals surface area (Å²) >= 11 is 0. The molecule has 0 N–H and O–H groups in total. The van der Waals surface area contributed by atoms with Crippen LogP contribution < -0.4 is 0 Å². The van der Waals surface area contributed by atoms with Crippen LogP contribution in [0.2, 0.25) is 0 Å². The van der Waals surface area contributed by atoms with Gasteiger partial charge in [-0.15, -0.1) is 13.2 Å². The maximum absolute atomic E-state index is 10.7. The zero-order chi connectivity index (χ0) is 9.40. The van der Waals surface area contributed by atoms with Crippen LogP contribution in [0, 0.1) is 0 Å². The molecule has 12 heavy (non-hydrogen) atoms.